The van der Waals surface area contributed by atoms with Crippen molar-refractivity contribution in [2.24, 2.45) is 0 Å². The van der Waals surface area contributed by atoms with E-state index >= 15 is 0 Å². The highest BCUT2D eigenvalue weighted by molar-refractivity contribution is 5.95. The van der Waals surface area contributed by atoms with Crippen LogP contribution < -0.4 is 10.9 Å². The van der Waals surface area contributed by atoms with Crippen LogP contribution in [0.5, 0.6) is 0 Å². The Kier molecular flexibility index (Phi) is 6.41. The van der Waals surface area contributed by atoms with Gasteiger partial charge < -0.3 is 9.64 Å². The molecular formula is C12H19N3O4. The summed E-state index contributed by atoms with van der Waals surface area (Å²) in [5.41, 5.74) is 3.58. The first-order valence-corrected chi connectivity index (χ1v) is 5.61. The molecule has 0 unspecified atom stereocenters. The van der Waals surface area contributed by atoms with Gasteiger partial charge in [0.25, 0.3) is 5.91 Å². The number of likely N-dealkylation sites (N-methyl/N-ethyl adjacent to an activating group) is 1. The first kappa shape index (κ1) is 16.8. The van der Waals surface area contributed by atoms with E-state index in [9.17, 15) is 14.4 Å². The third-order valence-corrected chi connectivity index (χ3v) is 1.64. The van der Waals surface area contributed by atoms with Gasteiger partial charge in [-0.2, -0.15) is 0 Å². The van der Waals surface area contributed by atoms with Crippen molar-refractivity contribution < 1.29 is 19.1 Å². The molecule has 0 bridgehead atoms. The highest BCUT2D eigenvalue weighted by atomic mass is 16.6. The summed E-state index contributed by atoms with van der Waals surface area (Å²) >= 11 is 0. The van der Waals surface area contributed by atoms with Crippen LogP contribution in [0.15, 0.2) is 0 Å². The smallest absolute Gasteiger partial charge is 0.410 e. The Labute approximate surface area is 112 Å². The van der Waals surface area contributed by atoms with Crippen LogP contribution in [0.4, 0.5) is 4.79 Å². The number of ether oxygens (including phenoxy) is 1. The fraction of sp³-hybridized carbons (Fsp3) is 0.583. The zero-order valence-corrected chi connectivity index (χ0v) is 11.8. The molecule has 0 aliphatic heterocycles. The number of carbonyl (C=O) groups is 3. The quantitative estimate of drug-likeness (QED) is 0.546. The zero-order chi connectivity index (χ0) is 15.1. The fourth-order valence-corrected chi connectivity index (χ4v) is 0.931. The molecule has 0 heterocycles. The van der Waals surface area contributed by atoms with Crippen LogP contribution in [0.2, 0.25) is 0 Å². The monoisotopic (exact) mass is 269 g/mol. The molecule has 19 heavy (non-hydrogen) atoms. The standard InChI is InChI=1S/C12H19N3O4/c1-6-7-9(16)13-14-10(17)8-15(5)11(18)19-12(2,3)4/h8H2,1-5H3,(H,13,16)(H,14,17). The Balaban J connectivity index is 4.14. The normalized spacial score (nSPS) is 9.74. The highest BCUT2D eigenvalue weighted by Gasteiger charge is 2.21. The SMILES string of the molecule is CC#CC(=O)NNC(=O)CN(C)C(=O)OC(C)(C)C. The van der Waals surface area contributed by atoms with Crippen LogP contribution in [0.25, 0.3) is 0 Å². The number of carbonyl (C=O) groups excluding carboxylic acids is 3. The molecule has 0 atom stereocenters. The first-order chi connectivity index (χ1) is 8.65. The van der Waals surface area contributed by atoms with Gasteiger partial charge in [-0.1, -0.05) is 5.92 Å². The molecule has 0 saturated carbocycles. The number of hydrogen-bond donors (Lipinski definition) is 2. The average molecular weight is 269 g/mol. The summed E-state index contributed by atoms with van der Waals surface area (Å²) in [5, 5.41) is 0. The molecule has 0 aliphatic rings. The minimum atomic E-state index is -0.632. The molecule has 0 aromatic carbocycles. The average Bonchev–Trinajstić information content (AvgIpc) is 2.24. The third-order valence-electron chi connectivity index (χ3n) is 1.64. The second-order valence-electron chi connectivity index (χ2n) is 4.71. The minimum Gasteiger partial charge on any atom is -0.444 e. The van der Waals surface area contributed by atoms with Gasteiger partial charge in [-0.3, -0.25) is 20.4 Å². The van der Waals surface area contributed by atoms with Gasteiger partial charge in [-0.25, -0.2) is 4.79 Å². The molecule has 2 N–H and O–H groups in total. The zero-order valence-electron chi connectivity index (χ0n) is 11.8. The third kappa shape index (κ3) is 8.49. The van der Waals surface area contributed by atoms with Crippen molar-refractivity contribution in [1.82, 2.24) is 15.8 Å². The van der Waals surface area contributed by atoms with Crippen molar-refractivity contribution in [1.29, 1.82) is 0 Å². The van der Waals surface area contributed by atoms with E-state index in [2.05, 4.69) is 22.7 Å². The molecule has 106 valence electrons. The molecular weight excluding hydrogens is 250 g/mol. The summed E-state index contributed by atoms with van der Waals surface area (Å²) in [4.78, 5) is 35.0. The van der Waals surface area contributed by atoms with E-state index in [4.69, 9.17) is 4.74 Å². The highest BCUT2D eigenvalue weighted by Crippen LogP contribution is 2.08. The molecule has 7 nitrogen and oxygen atoms in total. The lowest BCUT2D eigenvalue weighted by molar-refractivity contribution is -0.127. The van der Waals surface area contributed by atoms with Crippen molar-refractivity contribution in [2.45, 2.75) is 33.3 Å². The summed E-state index contributed by atoms with van der Waals surface area (Å²) in [6.07, 6.45) is -0.623. The van der Waals surface area contributed by atoms with E-state index in [-0.39, 0.29) is 6.54 Å². The van der Waals surface area contributed by atoms with Crippen molar-refractivity contribution in [3.8, 4) is 11.8 Å². The number of nitrogens with one attached hydrogen (secondary N) is 2. The van der Waals surface area contributed by atoms with E-state index < -0.39 is 23.5 Å². The lowest BCUT2D eigenvalue weighted by Crippen LogP contribution is -2.47. The Bertz CT molecular complexity index is 415. The van der Waals surface area contributed by atoms with E-state index in [0.29, 0.717) is 0 Å². The second kappa shape index (κ2) is 7.26. The molecule has 0 saturated heterocycles. The van der Waals surface area contributed by atoms with Crippen LogP contribution in [0.1, 0.15) is 27.7 Å². The Hall–Kier alpha value is -2.23. The summed E-state index contributed by atoms with van der Waals surface area (Å²) in [5.74, 6) is 3.38. The summed E-state index contributed by atoms with van der Waals surface area (Å²) in [6.45, 7) is 6.43. The van der Waals surface area contributed by atoms with Gasteiger partial charge in [0.05, 0.1) is 0 Å². The van der Waals surface area contributed by atoms with E-state index in [1.54, 1.807) is 20.8 Å². The number of hydrogen-bond acceptors (Lipinski definition) is 4. The van der Waals surface area contributed by atoms with Gasteiger partial charge in [0, 0.05) is 7.05 Å². The predicted molar refractivity (Wildman–Crippen MR) is 68.6 cm³/mol. The Morgan fingerprint density at radius 1 is 1.21 bits per heavy atom. The van der Waals surface area contributed by atoms with Crippen LogP contribution in [-0.2, 0) is 14.3 Å². The second-order valence-corrected chi connectivity index (χ2v) is 4.71. The fourth-order valence-electron chi connectivity index (χ4n) is 0.931. The summed E-state index contributed by atoms with van der Waals surface area (Å²) in [7, 11) is 1.42. The topological polar surface area (TPSA) is 87.7 Å². The molecule has 0 aromatic heterocycles. The summed E-state index contributed by atoms with van der Waals surface area (Å²) in [6, 6.07) is 0. The molecule has 0 spiro atoms. The van der Waals surface area contributed by atoms with Gasteiger partial charge in [-0.15, -0.1) is 0 Å². The van der Waals surface area contributed by atoms with E-state index in [0.717, 1.165) is 4.90 Å². The number of nitrogens with zero attached hydrogens (tertiary/aromatic N) is 1. The maximum absolute atomic E-state index is 11.5. The largest absolute Gasteiger partial charge is 0.444 e. The molecule has 0 aromatic rings. The lowest BCUT2D eigenvalue weighted by atomic mass is 10.2. The molecule has 7 heteroatoms. The molecule has 0 aliphatic carbocycles. The molecule has 3 amide bonds. The summed E-state index contributed by atoms with van der Waals surface area (Å²) < 4.78 is 5.06. The van der Waals surface area contributed by atoms with E-state index in [1.807, 2.05) is 0 Å². The number of rotatable bonds is 2. The maximum Gasteiger partial charge on any atom is 0.410 e. The van der Waals surface area contributed by atoms with E-state index in [1.165, 1.54) is 14.0 Å². The predicted octanol–water partition coefficient (Wildman–Crippen LogP) is 0.0240. The molecule has 0 fully saturated rings. The number of hydrazine groups is 1. The first-order valence-electron chi connectivity index (χ1n) is 5.61. The van der Waals surface area contributed by atoms with Crippen molar-refractivity contribution in [3.63, 3.8) is 0 Å². The number of amides is 3. The minimum absolute atomic E-state index is 0.241. The van der Waals surface area contributed by atoms with Gasteiger partial charge >= 0.3 is 12.0 Å². The van der Waals surface area contributed by atoms with Crippen molar-refractivity contribution >= 4 is 17.9 Å². The Morgan fingerprint density at radius 2 is 1.79 bits per heavy atom. The molecule has 0 radical (unpaired) electrons. The van der Waals surface area contributed by atoms with Crippen LogP contribution in [0, 0.1) is 11.8 Å². The van der Waals surface area contributed by atoms with Gasteiger partial charge in [0.15, 0.2) is 0 Å². The van der Waals surface area contributed by atoms with Crippen molar-refractivity contribution in [2.75, 3.05) is 13.6 Å². The van der Waals surface area contributed by atoms with Gasteiger partial charge in [-0.05, 0) is 33.6 Å². The van der Waals surface area contributed by atoms with Crippen LogP contribution in [0.3, 0.4) is 0 Å². The maximum atomic E-state index is 11.5. The molecule has 0 rings (SSSR count). The van der Waals surface area contributed by atoms with Gasteiger partial charge in [0.2, 0.25) is 0 Å². The van der Waals surface area contributed by atoms with Crippen LogP contribution >= 0.6 is 0 Å². The van der Waals surface area contributed by atoms with Crippen LogP contribution in [-0.4, -0.2) is 42.0 Å². The van der Waals surface area contributed by atoms with Gasteiger partial charge in [0.1, 0.15) is 12.1 Å². The van der Waals surface area contributed by atoms with Crippen molar-refractivity contribution in [3.05, 3.63) is 0 Å². The Morgan fingerprint density at radius 3 is 2.26 bits per heavy atom. The lowest BCUT2D eigenvalue weighted by Gasteiger charge is -2.24.